The van der Waals surface area contributed by atoms with E-state index in [2.05, 4.69) is 30.2 Å². The molecule has 1 aromatic carbocycles. The molecule has 0 aliphatic carbocycles. The minimum Gasteiger partial charge on any atom is -0.367 e. The molecule has 1 atom stereocenters. The summed E-state index contributed by atoms with van der Waals surface area (Å²) in [6.07, 6.45) is 6.71. The van der Waals surface area contributed by atoms with Crippen LogP contribution >= 0.6 is 11.3 Å². The molecule has 0 saturated carbocycles. The number of benzene rings is 1. The molecule has 35 heavy (non-hydrogen) atoms. The minimum atomic E-state index is -0.155. The second-order valence-electron chi connectivity index (χ2n) is 9.17. The summed E-state index contributed by atoms with van der Waals surface area (Å²) in [6.45, 7) is 6.67. The molecule has 2 saturated heterocycles. The molecule has 8 nitrogen and oxygen atoms in total. The first-order valence-corrected chi connectivity index (χ1v) is 13.2. The lowest BCUT2D eigenvalue weighted by molar-refractivity contribution is -0.125. The van der Waals surface area contributed by atoms with E-state index in [-0.39, 0.29) is 17.6 Å². The van der Waals surface area contributed by atoms with Crippen molar-refractivity contribution in [2.45, 2.75) is 19.3 Å². The zero-order valence-electron chi connectivity index (χ0n) is 19.9. The number of nitrogens with zero attached hydrogens (tertiary/aromatic N) is 6. The third-order valence-corrected chi connectivity index (χ3v) is 7.80. The van der Waals surface area contributed by atoms with Crippen LogP contribution in [-0.2, 0) is 4.79 Å². The Labute approximate surface area is 209 Å². The molecule has 1 amide bonds. The van der Waals surface area contributed by atoms with Gasteiger partial charge in [0.15, 0.2) is 0 Å². The third-order valence-electron chi connectivity index (χ3n) is 6.81. The van der Waals surface area contributed by atoms with Gasteiger partial charge in [-0.05, 0) is 50.1 Å². The van der Waals surface area contributed by atoms with Gasteiger partial charge in [0.2, 0.25) is 16.2 Å². The summed E-state index contributed by atoms with van der Waals surface area (Å²) in [5, 5.41) is 13.5. The van der Waals surface area contributed by atoms with Gasteiger partial charge in [0.1, 0.15) is 5.82 Å². The lowest BCUT2D eigenvalue weighted by Gasteiger charge is -2.36. The summed E-state index contributed by atoms with van der Waals surface area (Å²) in [5.41, 5.74) is 0.690. The Kier molecular flexibility index (Phi) is 7.58. The summed E-state index contributed by atoms with van der Waals surface area (Å²) in [6, 6.07) is 10.9. The van der Waals surface area contributed by atoms with Crippen LogP contribution in [0.2, 0.25) is 0 Å². The van der Waals surface area contributed by atoms with Gasteiger partial charge >= 0.3 is 0 Å². The van der Waals surface area contributed by atoms with E-state index in [4.69, 9.17) is 0 Å². The molecule has 2 aliphatic heterocycles. The zero-order valence-corrected chi connectivity index (χ0v) is 20.7. The SMILES string of the molecule is O=C(NCCCN1CCN(c2ccccc2F)CC1)C1CCCN(c2nnc(-n3cccc3)s2)C1. The lowest BCUT2D eigenvalue weighted by atomic mass is 9.97. The van der Waals surface area contributed by atoms with Gasteiger partial charge in [0.25, 0.3) is 0 Å². The molecule has 2 aromatic heterocycles. The molecule has 2 fully saturated rings. The van der Waals surface area contributed by atoms with Crippen LogP contribution in [-0.4, -0.2) is 77.9 Å². The number of carbonyl (C=O) groups is 1. The van der Waals surface area contributed by atoms with Crippen LogP contribution < -0.4 is 15.1 Å². The molecular weight excluding hydrogens is 465 g/mol. The lowest BCUT2D eigenvalue weighted by Crippen LogP contribution is -2.47. The molecular formula is C25H32FN7OS. The summed E-state index contributed by atoms with van der Waals surface area (Å²) in [4.78, 5) is 19.5. The zero-order chi connectivity index (χ0) is 24.0. The number of para-hydroxylation sites is 1. The van der Waals surface area contributed by atoms with Crippen molar-refractivity contribution >= 4 is 28.1 Å². The fraction of sp³-hybridized carbons (Fsp3) is 0.480. The normalized spacial score (nSPS) is 19.2. The average Bonchev–Trinajstić information content (AvgIpc) is 3.60. The van der Waals surface area contributed by atoms with E-state index in [9.17, 15) is 9.18 Å². The van der Waals surface area contributed by atoms with Gasteiger partial charge in [0.05, 0.1) is 11.6 Å². The Balaban J connectivity index is 1.02. The number of anilines is 2. The molecule has 5 rings (SSSR count). The molecule has 10 heteroatoms. The number of piperazine rings is 1. The van der Waals surface area contributed by atoms with Crippen LogP contribution in [0, 0.1) is 11.7 Å². The van der Waals surface area contributed by atoms with E-state index in [0.717, 1.165) is 68.8 Å². The third kappa shape index (κ3) is 5.82. The highest BCUT2D eigenvalue weighted by Crippen LogP contribution is 2.28. The summed E-state index contributed by atoms with van der Waals surface area (Å²) in [5.74, 6) is -0.0429. The minimum absolute atomic E-state index is 0.0213. The molecule has 4 heterocycles. The van der Waals surface area contributed by atoms with Crippen LogP contribution in [0.5, 0.6) is 0 Å². The Bertz CT molecular complexity index is 1100. The number of halogens is 1. The fourth-order valence-corrected chi connectivity index (χ4v) is 5.69. The van der Waals surface area contributed by atoms with E-state index >= 15 is 0 Å². The smallest absolute Gasteiger partial charge is 0.224 e. The number of carbonyl (C=O) groups excluding carboxylic acids is 1. The van der Waals surface area contributed by atoms with Gasteiger partial charge in [-0.3, -0.25) is 14.3 Å². The van der Waals surface area contributed by atoms with Gasteiger partial charge in [-0.15, -0.1) is 10.2 Å². The standard InChI is InChI=1S/C25H32FN7OS/c26-21-8-1-2-9-22(21)31-17-15-30(16-18-31)11-6-10-27-23(34)20-7-5-14-33(19-20)25-29-28-24(35-25)32-12-3-4-13-32/h1-4,8-9,12-13,20H,5-7,10-11,14-19H2,(H,27,34). The van der Waals surface area contributed by atoms with E-state index < -0.39 is 0 Å². The number of rotatable bonds is 8. The molecule has 2 aliphatic rings. The second-order valence-corrected chi connectivity index (χ2v) is 10.1. The van der Waals surface area contributed by atoms with E-state index in [1.54, 1.807) is 17.4 Å². The van der Waals surface area contributed by atoms with E-state index in [0.29, 0.717) is 18.8 Å². The monoisotopic (exact) mass is 497 g/mol. The number of aromatic nitrogens is 3. The summed E-state index contributed by atoms with van der Waals surface area (Å²) in [7, 11) is 0. The highest BCUT2D eigenvalue weighted by molar-refractivity contribution is 7.17. The van der Waals surface area contributed by atoms with Crippen molar-refractivity contribution in [3.05, 3.63) is 54.6 Å². The molecule has 0 radical (unpaired) electrons. The largest absolute Gasteiger partial charge is 0.367 e. The van der Waals surface area contributed by atoms with Crippen molar-refractivity contribution in [3.8, 4) is 5.13 Å². The summed E-state index contributed by atoms with van der Waals surface area (Å²) >= 11 is 1.55. The van der Waals surface area contributed by atoms with Crippen molar-refractivity contribution in [3.63, 3.8) is 0 Å². The molecule has 0 bridgehead atoms. The second kappa shape index (κ2) is 11.2. The van der Waals surface area contributed by atoms with Crippen LogP contribution in [0.1, 0.15) is 19.3 Å². The highest BCUT2D eigenvalue weighted by atomic mass is 32.1. The van der Waals surface area contributed by atoms with Crippen LogP contribution in [0.4, 0.5) is 15.2 Å². The first-order chi connectivity index (χ1) is 17.2. The van der Waals surface area contributed by atoms with Crippen molar-refractivity contribution < 1.29 is 9.18 Å². The van der Waals surface area contributed by atoms with Crippen molar-refractivity contribution in [2.24, 2.45) is 5.92 Å². The number of piperidine rings is 1. The van der Waals surface area contributed by atoms with Crippen LogP contribution in [0.3, 0.4) is 0 Å². The molecule has 1 N–H and O–H groups in total. The Morgan fingerprint density at radius 1 is 1.00 bits per heavy atom. The van der Waals surface area contributed by atoms with Gasteiger partial charge in [-0.25, -0.2) is 4.39 Å². The predicted octanol–water partition coefficient (Wildman–Crippen LogP) is 3.01. The molecule has 3 aromatic rings. The van der Waals surface area contributed by atoms with Crippen LogP contribution in [0.25, 0.3) is 5.13 Å². The topological polar surface area (TPSA) is 69.5 Å². The predicted molar refractivity (Wildman–Crippen MR) is 137 cm³/mol. The fourth-order valence-electron chi connectivity index (χ4n) is 4.85. The number of nitrogens with one attached hydrogen (secondary N) is 1. The first kappa shape index (κ1) is 23.7. The molecule has 186 valence electrons. The Hall–Kier alpha value is -2.98. The van der Waals surface area contributed by atoms with Gasteiger partial charge in [-0.2, -0.15) is 0 Å². The maximum atomic E-state index is 14.0. The van der Waals surface area contributed by atoms with Gasteiger partial charge in [-0.1, -0.05) is 23.5 Å². The maximum absolute atomic E-state index is 14.0. The summed E-state index contributed by atoms with van der Waals surface area (Å²) < 4.78 is 16.0. The number of amides is 1. The average molecular weight is 498 g/mol. The van der Waals surface area contributed by atoms with Crippen molar-refractivity contribution in [1.82, 2.24) is 25.0 Å². The number of hydrogen-bond acceptors (Lipinski definition) is 7. The Morgan fingerprint density at radius 3 is 2.57 bits per heavy atom. The quantitative estimate of drug-likeness (QED) is 0.483. The Morgan fingerprint density at radius 2 is 1.77 bits per heavy atom. The number of hydrogen-bond donors (Lipinski definition) is 1. The highest BCUT2D eigenvalue weighted by Gasteiger charge is 2.27. The van der Waals surface area contributed by atoms with E-state index in [1.165, 1.54) is 6.07 Å². The maximum Gasteiger partial charge on any atom is 0.224 e. The van der Waals surface area contributed by atoms with Gasteiger partial charge < -0.3 is 15.1 Å². The molecule has 1 unspecified atom stereocenters. The van der Waals surface area contributed by atoms with E-state index in [1.807, 2.05) is 41.2 Å². The first-order valence-electron chi connectivity index (χ1n) is 12.4. The van der Waals surface area contributed by atoms with Crippen molar-refractivity contribution in [2.75, 3.05) is 62.2 Å². The molecule has 0 spiro atoms. The van der Waals surface area contributed by atoms with Crippen molar-refractivity contribution in [1.29, 1.82) is 0 Å². The van der Waals surface area contributed by atoms with Crippen LogP contribution in [0.15, 0.2) is 48.8 Å². The van der Waals surface area contributed by atoms with Gasteiger partial charge in [0, 0.05) is 58.2 Å².